The normalized spacial score (nSPS) is 18.6. The van der Waals surface area contributed by atoms with Gasteiger partial charge in [0.1, 0.15) is 11.3 Å². The highest BCUT2D eigenvalue weighted by atomic mass is 35.5. The molecule has 0 aromatic heterocycles. The summed E-state index contributed by atoms with van der Waals surface area (Å²) in [6.07, 6.45) is 0.375. The monoisotopic (exact) mass is 390 g/mol. The van der Waals surface area contributed by atoms with Gasteiger partial charge in [0, 0.05) is 19.2 Å². The Morgan fingerprint density at radius 1 is 1.40 bits per heavy atom. The maximum absolute atomic E-state index is 12.2. The van der Waals surface area contributed by atoms with Crippen LogP contribution in [0.25, 0.3) is 0 Å². The highest BCUT2D eigenvalue weighted by Gasteiger charge is 2.33. The molecule has 2 rings (SSSR count). The molecule has 1 aromatic rings. The number of amides is 1. The van der Waals surface area contributed by atoms with Gasteiger partial charge in [-0.15, -0.1) is 0 Å². The summed E-state index contributed by atoms with van der Waals surface area (Å²) >= 11 is 5.89. The molecule has 138 valence electrons. The summed E-state index contributed by atoms with van der Waals surface area (Å²) in [7, 11) is -0.262. The van der Waals surface area contributed by atoms with E-state index in [-0.39, 0.29) is 33.5 Å². The van der Waals surface area contributed by atoms with Gasteiger partial charge >= 0.3 is 5.97 Å². The SMILES string of the molecule is COc1cc(N)c(Cl)cc1C(=O)OCC(=O)N(C)[C@@H]1CCS(=O)(=O)C1. The zero-order chi connectivity index (χ0) is 18.8. The number of rotatable bonds is 5. The summed E-state index contributed by atoms with van der Waals surface area (Å²) < 4.78 is 33.0. The average Bonchev–Trinajstić information content (AvgIpc) is 2.93. The quantitative estimate of drug-likeness (QED) is 0.582. The van der Waals surface area contributed by atoms with Gasteiger partial charge in [0.25, 0.3) is 5.91 Å². The highest BCUT2D eigenvalue weighted by molar-refractivity contribution is 7.91. The van der Waals surface area contributed by atoms with Gasteiger partial charge in [0.05, 0.1) is 29.3 Å². The Labute approximate surface area is 150 Å². The van der Waals surface area contributed by atoms with E-state index < -0.39 is 34.4 Å². The minimum atomic E-state index is -3.11. The number of halogens is 1. The number of carbonyl (C=O) groups excluding carboxylic acids is 2. The van der Waals surface area contributed by atoms with Crippen LogP contribution in [0, 0.1) is 0 Å². The maximum Gasteiger partial charge on any atom is 0.342 e. The molecular weight excluding hydrogens is 372 g/mol. The van der Waals surface area contributed by atoms with Gasteiger partial charge in [-0.05, 0) is 12.5 Å². The molecule has 1 aliphatic heterocycles. The lowest BCUT2D eigenvalue weighted by Gasteiger charge is -2.23. The lowest BCUT2D eigenvalue weighted by molar-refractivity contribution is -0.134. The van der Waals surface area contributed by atoms with Gasteiger partial charge in [-0.2, -0.15) is 0 Å². The van der Waals surface area contributed by atoms with Crippen molar-refractivity contribution in [2.24, 2.45) is 0 Å². The molecular formula is C15H19ClN2O6S. The fourth-order valence-corrected chi connectivity index (χ4v) is 4.43. The van der Waals surface area contributed by atoms with Crippen LogP contribution in [0.2, 0.25) is 5.02 Å². The molecule has 1 amide bonds. The van der Waals surface area contributed by atoms with Crippen LogP contribution in [0.15, 0.2) is 12.1 Å². The second-order valence-corrected chi connectivity index (χ2v) is 8.35. The van der Waals surface area contributed by atoms with E-state index in [1.54, 1.807) is 0 Å². The van der Waals surface area contributed by atoms with Crippen LogP contribution in [0.3, 0.4) is 0 Å². The second kappa shape index (κ2) is 7.49. The van der Waals surface area contributed by atoms with Gasteiger partial charge in [-0.1, -0.05) is 11.6 Å². The molecule has 0 spiro atoms. The van der Waals surface area contributed by atoms with Gasteiger partial charge in [-0.25, -0.2) is 13.2 Å². The number of hydrogen-bond acceptors (Lipinski definition) is 7. The van der Waals surface area contributed by atoms with Crippen molar-refractivity contribution in [3.8, 4) is 5.75 Å². The molecule has 0 saturated carbocycles. The van der Waals surface area contributed by atoms with Crippen molar-refractivity contribution in [1.29, 1.82) is 0 Å². The summed E-state index contributed by atoms with van der Waals surface area (Å²) in [6.45, 7) is -0.517. The van der Waals surface area contributed by atoms with E-state index in [2.05, 4.69) is 0 Å². The molecule has 0 unspecified atom stereocenters. The lowest BCUT2D eigenvalue weighted by atomic mass is 10.2. The smallest absolute Gasteiger partial charge is 0.342 e. The maximum atomic E-state index is 12.2. The number of nitrogens with zero attached hydrogens (tertiary/aromatic N) is 1. The molecule has 2 N–H and O–H groups in total. The molecule has 1 heterocycles. The third-order valence-corrected chi connectivity index (χ3v) is 6.09. The van der Waals surface area contributed by atoms with Crippen molar-refractivity contribution in [1.82, 2.24) is 4.90 Å². The van der Waals surface area contributed by atoms with Crippen molar-refractivity contribution < 1.29 is 27.5 Å². The van der Waals surface area contributed by atoms with Crippen LogP contribution < -0.4 is 10.5 Å². The van der Waals surface area contributed by atoms with Crippen molar-refractivity contribution in [3.63, 3.8) is 0 Å². The van der Waals surface area contributed by atoms with Gasteiger partial charge in [-0.3, -0.25) is 4.79 Å². The molecule has 1 fully saturated rings. The summed E-state index contributed by atoms with van der Waals surface area (Å²) in [6, 6.07) is 2.28. The molecule has 25 heavy (non-hydrogen) atoms. The van der Waals surface area contributed by atoms with E-state index in [9.17, 15) is 18.0 Å². The minimum Gasteiger partial charge on any atom is -0.496 e. The number of benzene rings is 1. The number of carbonyl (C=O) groups is 2. The minimum absolute atomic E-state index is 0.0422. The largest absolute Gasteiger partial charge is 0.496 e. The molecule has 0 radical (unpaired) electrons. The Balaban J connectivity index is 2.00. The average molecular weight is 391 g/mol. The summed E-state index contributed by atoms with van der Waals surface area (Å²) in [4.78, 5) is 25.6. The van der Waals surface area contributed by atoms with E-state index in [0.29, 0.717) is 6.42 Å². The van der Waals surface area contributed by atoms with Gasteiger partial charge in [0.2, 0.25) is 0 Å². The Kier molecular flexibility index (Phi) is 5.79. The fraction of sp³-hybridized carbons (Fsp3) is 0.467. The van der Waals surface area contributed by atoms with E-state index >= 15 is 0 Å². The van der Waals surface area contributed by atoms with Crippen molar-refractivity contribution in [3.05, 3.63) is 22.7 Å². The number of anilines is 1. The van der Waals surface area contributed by atoms with Gasteiger partial charge < -0.3 is 20.1 Å². The Morgan fingerprint density at radius 3 is 2.64 bits per heavy atom. The predicted molar refractivity (Wildman–Crippen MR) is 92.5 cm³/mol. The van der Waals surface area contributed by atoms with Crippen LogP contribution >= 0.6 is 11.6 Å². The Morgan fingerprint density at radius 2 is 2.08 bits per heavy atom. The van der Waals surface area contributed by atoms with E-state index in [0.717, 1.165) is 0 Å². The lowest BCUT2D eigenvalue weighted by Crippen LogP contribution is -2.40. The second-order valence-electron chi connectivity index (χ2n) is 5.71. The van der Waals surface area contributed by atoms with Crippen LogP contribution in [-0.4, -0.2) is 63.5 Å². The topological polar surface area (TPSA) is 116 Å². The van der Waals surface area contributed by atoms with Crippen LogP contribution in [0.1, 0.15) is 16.8 Å². The highest BCUT2D eigenvalue weighted by Crippen LogP contribution is 2.29. The number of hydrogen-bond donors (Lipinski definition) is 1. The number of nitrogen functional groups attached to an aromatic ring is 1. The molecule has 10 heteroatoms. The van der Waals surface area contributed by atoms with Crippen molar-refractivity contribution >= 4 is 39.0 Å². The molecule has 1 aliphatic rings. The van der Waals surface area contributed by atoms with Crippen LogP contribution in [0.4, 0.5) is 5.69 Å². The van der Waals surface area contributed by atoms with E-state index in [4.69, 9.17) is 26.8 Å². The Hall–Kier alpha value is -2.00. The Bertz CT molecular complexity index is 795. The molecule has 1 aromatic carbocycles. The number of esters is 1. The number of nitrogens with two attached hydrogens (primary N) is 1. The van der Waals surface area contributed by atoms with Gasteiger partial charge in [0.15, 0.2) is 16.4 Å². The first-order chi connectivity index (χ1) is 11.6. The van der Waals surface area contributed by atoms with Crippen molar-refractivity contribution in [2.75, 3.05) is 38.0 Å². The van der Waals surface area contributed by atoms with Crippen LogP contribution in [-0.2, 0) is 19.4 Å². The van der Waals surface area contributed by atoms with E-state index in [1.165, 1.54) is 31.2 Å². The van der Waals surface area contributed by atoms with Crippen LogP contribution in [0.5, 0.6) is 5.75 Å². The third-order valence-electron chi connectivity index (χ3n) is 4.01. The number of likely N-dealkylation sites (N-methyl/N-ethyl adjacent to an activating group) is 1. The number of sulfone groups is 1. The summed E-state index contributed by atoms with van der Waals surface area (Å²) in [5.74, 6) is -1.13. The summed E-state index contributed by atoms with van der Waals surface area (Å²) in [5, 5.41) is 0.160. The molecule has 0 bridgehead atoms. The fourth-order valence-electron chi connectivity index (χ4n) is 2.49. The van der Waals surface area contributed by atoms with E-state index in [1.807, 2.05) is 0 Å². The molecule has 1 atom stereocenters. The first kappa shape index (κ1) is 19.3. The third kappa shape index (κ3) is 4.55. The number of ether oxygens (including phenoxy) is 2. The number of methoxy groups -OCH3 is 1. The van der Waals surface area contributed by atoms with Crippen molar-refractivity contribution in [2.45, 2.75) is 12.5 Å². The standard InChI is InChI=1S/C15H19ClN2O6S/c1-18(9-3-4-25(21,22)8-9)14(19)7-24-15(20)10-5-11(16)12(17)6-13(10)23-2/h5-6,9H,3-4,7-8,17H2,1-2H3/t9-/m1/s1. The summed E-state index contributed by atoms with van der Waals surface area (Å²) in [5.41, 5.74) is 5.93. The zero-order valence-electron chi connectivity index (χ0n) is 13.8. The zero-order valence-corrected chi connectivity index (χ0v) is 15.4. The molecule has 0 aliphatic carbocycles. The molecule has 8 nitrogen and oxygen atoms in total. The predicted octanol–water partition coefficient (Wildman–Crippen LogP) is 0.733. The molecule has 1 saturated heterocycles. The first-order valence-electron chi connectivity index (χ1n) is 7.41. The first-order valence-corrected chi connectivity index (χ1v) is 9.60.